The lowest BCUT2D eigenvalue weighted by Gasteiger charge is -2.08. The van der Waals surface area contributed by atoms with Gasteiger partial charge in [0, 0.05) is 11.3 Å². The molecule has 1 rings (SSSR count). The molecule has 17 heavy (non-hydrogen) atoms. The van der Waals surface area contributed by atoms with E-state index >= 15 is 0 Å². The quantitative estimate of drug-likeness (QED) is 0.629. The van der Waals surface area contributed by atoms with Crippen molar-refractivity contribution in [3.63, 3.8) is 0 Å². The Kier molecular flexibility index (Phi) is 4.88. The predicted octanol–water partition coefficient (Wildman–Crippen LogP) is 3.15. The highest BCUT2D eigenvalue weighted by Crippen LogP contribution is 2.07. The second-order valence-corrected chi connectivity index (χ2v) is 4.32. The summed E-state index contributed by atoms with van der Waals surface area (Å²) in [6.45, 7) is 8.05. The van der Waals surface area contributed by atoms with Crippen LogP contribution in [0.3, 0.4) is 0 Å². The third-order valence-electron chi connectivity index (χ3n) is 3.05. The molecule has 0 spiro atoms. The molecule has 0 bridgehead atoms. The van der Waals surface area contributed by atoms with Gasteiger partial charge in [-0.05, 0) is 37.8 Å². The van der Waals surface area contributed by atoms with Gasteiger partial charge in [0.2, 0.25) is 0 Å². The maximum Gasteiger partial charge on any atom is 0.271 e. The zero-order valence-electron chi connectivity index (χ0n) is 10.9. The molecule has 0 aliphatic heterocycles. The molecular formula is C14H20N2O. The van der Waals surface area contributed by atoms with E-state index in [1.165, 1.54) is 0 Å². The molecule has 1 aromatic rings. The Morgan fingerprint density at radius 3 is 2.65 bits per heavy atom. The molecule has 92 valence electrons. The van der Waals surface area contributed by atoms with Gasteiger partial charge < -0.3 is 0 Å². The average molecular weight is 232 g/mol. The van der Waals surface area contributed by atoms with Crippen molar-refractivity contribution in [2.45, 2.75) is 34.1 Å². The lowest BCUT2D eigenvalue weighted by Crippen LogP contribution is -2.21. The van der Waals surface area contributed by atoms with Crippen LogP contribution in [0.1, 0.15) is 43.1 Å². The van der Waals surface area contributed by atoms with Crippen LogP contribution in [0, 0.1) is 12.8 Å². The molecule has 3 nitrogen and oxygen atoms in total. The summed E-state index contributed by atoms with van der Waals surface area (Å²) in [7, 11) is 0. The summed E-state index contributed by atoms with van der Waals surface area (Å²) in [5, 5.41) is 4.13. The van der Waals surface area contributed by atoms with Crippen molar-refractivity contribution in [2.24, 2.45) is 11.0 Å². The predicted molar refractivity (Wildman–Crippen MR) is 71.2 cm³/mol. The van der Waals surface area contributed by atoms with Crippen LogP contribution in [0.2, 0.25) is 0 Å². The lowest BCUT2D eigenvalue weighted by atomic mass is 10.1. The summed E-state index contributed by atoms with van der Waals surface area (Å²) in [4.78, 5) is 11.9. The monoisotopic (exact) mass is 232 g/mol. The van der Waals surface area contributed by atoms with E-state index in [0.717, 1.165) is 17.7 Å². The van der Waals surface area contributed by atoms with Gasteiger partial charge in [-0.1, -0.05) is 32.0 Å². The van der Waals surface area contributed by atoms with Gasteiger partial charge in [0.05, 0.1) is 0 Å². The topological polar surface area (TPSA) is 41.5 Å². The van der Waals surface area contributed by atoms with Gasteiger partial charge >= 0.3 is 0 Å². The number of carbonyl (C=O) groups is 1. The molecule has 0 saturated heterocycles. The Balaban J connectivity index is 2.71. The largest absolute Gasteiger partial charge is 0.271 e. The smallest absolute Gasteiger partial charge is 0.267 e. The first kappa shape index (κ1) is 13.4. The Labute approximate surface area is 103 Å². The van der Waals surface area contributed by atoms with E-state index in [1.807, 2.05) is 32.0 Å². The van der Waals surface area contributed by atoms with Gasteiger partial charge in [-0.25, -0.2) is 5.43 Å². The summed E-state index contributed by atoms with van der Waals surface area (Å²) in [5.74, 6) is 0.248. The SMILES string of the molecule is CC[C@@H](C)/C(C)=N\NC(=O)c1ccccc1C. The van der Waals surface area contributed by atoms with Crippen LogP contribution in [0.15, 0.2) is 29.4 Å². The van der Waals surface area contributed by atoms with E-state index in [9.17, 15) is 4.79 Å². The Hall–Kier alpha value is -1.64. The minimum absolute atomic E-state index is 0.147. The van der Waals surface area contributed by atoms with E-state index in [2.05, 4.69) is 24.4 Å². The van der Waals surface area contributed by atoms with Crippen LogP contribution >= 0.6 is 0 Å². The Morgan fingerprint density at radius 2 is 2.06 bits per heavy atom. The number of nitrogens with one attached hydrogen (secondary N) is 1. The summed E-state index contributed by atoms with van der Waals surface area (Å²) >= 11 is 0. The molecule has 0 fully saturated rings. The minimum atomic E-state index is -0.147. The molecule has 0 heterocycles. The van der Waals surface area contributed by atoms with E-state index in [0.29, 0.717) is 11.5 Å². The van der Waals surface area contributed by atoms with Crippen LogP contribution in [0.4, 0.5) is 0 Å². The molecule has 0 aromatic heterocycles. The first-order chi connectivity index (χ1) is 8.06. The molecule has 3 heteroatoms. The first-order valence-corrected chi connectivity index (χ1v) is 5.96. The van der Waals surface area contributed by atoms with Crippen molar-refractivity contribution in [3.05, 3.63) is 35.4 Å². The molecular weight excluding hydrogens is 212 g/mol. The van der Waals surface area contributed by atoms with Gasteiger partial charge in [0.25, 0.3) is 5.91 Å². The number of hydrogen-bond acceptors (Lipinski definition) is 2. The summed E-state index contributed by atoms with van der Waals surface area (Å²) < 4.78 is 0. The molecule has 1 amide bonds. The Morgan fingerprint density at radius 1 is 1.41 bits per heavy atom. The van der Waals surface area contributed by atoms with E-state index in [-0.39, 0.29) is 5.91 Å². The normalized spacial score (nSPS) is 13.3. The summed E-state index contributed by atoms with van der Waals surface area (Å²) in [6.07, 6.45) is 1.02. The third-order valence-corrected chi connectivity index (χ3v) is 3.05. The lowest BCUT2D eigenvalue weighted by molar-refractivity contribution is 0.0954. The van der Waals surface area contributed by atoms with E-state index < -0.39 is 0 Å². The Bertz CT molecular complexity index is 424. The fourth-order valence-corrected chi connectivity index (χ4v) is 1.43. The van der Waals surface area contributed by atoms with Crippen molar-refractivity contribution < 1.29 is 4.79 Å². The fraction of sp³-hybridized carbons (Fsp3) is 0.429. The molecule has 1 atom stereocenters. The second kappa shape index (κ2) is 6.18. The highest BCUT2D eigenvalue weighted by molar-refractivity contribution is 5.96. The molecule has 0 saturated carbocycles. The van der Waals surface area contributed by atoms with Crippen LogP contribution in [0.5, 0.6) is 0 Å². The van der Waals surface area contributed by atoms with Gasteiger partial charge in [-0.2, -0.15) is 5.10 Å². The number of hydrazone groups is 1. The minimum Gasteiger partial charge on any atom is -0.267 e. The van der Waals surface area contributed by atoms with Crippen molar-refractivity contribution in [1.29, 1.82) is 0 Å². The highest BCUT2D eigenvalue weighted by atomic mass is 16.2. The van der Waals surface area contributed by atoms with Crippen LogP contribution in [-0.2, 0) is 0 Å². The van der Waals surface area contributed by atoms with Gasteiger partial charge in [-0.15, -0.1) is 0 Å². The molecule has 0 aliphatic carbocycles. The first-order valence-electron chi connectivity index (χ1n) is 5.96. The number of rotatable bonds is 4. The molecule has 0 unspecified atom stereocenters. The standard InChI is InChI=1S/C14H20N2O/c1-5-10(2)12(4)15-16-14(17)13-9-7-6-8-11(13)3/h6-10H,5H2,1-4H3,(H,16,17)/b15-12-/t10-/m1/s1. The van der Waals surface area contributed by atoms with E-state index in [4.69, 9.17) is 0 Å². The van der Waals surface area contributed by atoms with Crippen molar-refractivity contribution in [2.75, 3.05) is 0 Å². The second-order valence-electron chi connectivity index (χ2n) is 4.32. The number of carbonyl (C=O) groups excluding carboxylic acids is 1. The van der Waals surface area contributed by atoms with Crippen LogP contribution in [-0.4, -0.2) is 11.6 Å². The fourth-order valence-electron chi connectivity index (χ4n) is 1.43. The van der Waals surface area contributed by atoms with Crippen LogP contribution in [0.25, 0.3) is 0 Å². The van der Waals surface area contributed by atoms with Gasteiger partial charge in [0.1, 0.15) is 0 Å². The zero-order valence-corrected chi connectivity index (χ0v) is 10.9. The molecule has 0 aliphatic rings. The summed E-state index contributed by atoms with van der Waals surface area (Å²) in [5.41, 5.74) is 5.19. The molecule has 1 aromatic carbocycles. The zero-order chi connectivity index (χ0) is 12.8. The number of nitrogens with zero attached hydrogens (tertiary/aromatic N) is 1. The van der Waals surface area contributed by atoms with Crippen LogP contribution < -0.4 is 5.43 Å². The number of benzene rings is 1. The van der Waals surface area contributed by atoms with Gasteiger partial charge in [0.15, 0.2) is 0 Å². The number of aryl methyl sites for hydroxylation is 1. The maximum atomic E-state index is 11.9. The van der Waals surface area contributed by atoms with Gasteiger partial charge in [-0.3, -0.25) is 4.79 Å². The maximum absolute atomic E-state index is 11.9. The third kappa shape index (κ3) is 3.70. The number of amides is 1. The summed E-state index contributed by atoms with van der Waals surface area (Å²) in [6, 6.07) is 7.49. The molecule has 1 N–H and O–H groups in total. The van der Waals surface area contributed by atoms with Crippen molar-refractivity contribution in [3.8, 4) is 0 Å². The average Bonchev–Trinajstić information content (AvgIpc) is 2.35. The molecule has 0 radical (unpaired) electrons. The van der Waals surface area contributed by atoms with E-state index in [1.54, 1.807) is 6.07 Å². The highest BCUT2D eigenvalue weighted by Gasteiger charge is 2.08. The number of hydrogen-bond donors (Lipinski definition) is 1. The van der Waals surface area contributed by atoms with Crippen molar-refractivity contribution >= 4 is 11.6 Å². The van der Waals surface area contributed by atoms with Crippen molar-refractivity contribution in [1.82, 2.24) is 5.43 Å².